The van der Waals surface area contributed by atoms with Crippen molar-refractivity contribution < 1.29 is 4.92 Å². The maximum absolute atomic E-state index is 11.0. The van der Waals surface area contributed by atoms with Gasteiger partial charge >= 0.3 is 0 Å². The highest BCUT2D eigenvalue weighted by Crippen LogP contribution is 2.30. The summed E-state index contributed by atoms with van der Waals surface area (Å²) in [5, 5.41) is 11.0. The van der Waals surface area contributed by atoms with Crippen LogP contribution < -0.4 is 4.90 Å². The molecule has 0 amide bonds. The zero-order valence-corrected chi connectivity index (χ0v) is 13.0. The highest BCUT2D eigenvalue weighted by atomic mass is 35.5. The molecule has 0 aromatic heterocycles. The van der Waals surface area contributed by atoms with Crippen LogP contribution in [0.15, 0.2) is 36.4 Å². The number of benzene rings is 2. The monoisotopic (exact) mass is 304 g/mol. The highest BCUT2D eigenvalue weighted by molar-refractivity contribution is 6.17. The van der Waals surface area contributed by atoms with Crippen LogP contribution in [0.2, 0.25) is 0 Å². The van der Waals surface area contributed by atoms with Crippen molar-refractivity contribution in [3.63, 3.8) is 0 Å². The quantitative estimate of drug-likeness (QED) is 0.466. The van der Waals surface area contributed by atoms with Crippen LogP contribution in [0, 0.1) is 24.0 Å². The summed E-state index contributed by atoms with van der Waals surface area (Å²) in [5.41, 5.74) is 4.86. The third kappa shape index (κ3) is 3.34. The van der Waals surface area contributed by atoms with Crippen LogP contribution in [0.5, 0.6) is 0 Å². The number of alkyl halides is 1. The maximum atomic E-state index is 11.0. The SMILES string of the molecule is Cc1cc(C)cc(N(C)c2ccc([N+](=O)[O-])c(CCl)c2)c1. The van der Waals surface area contributed by atoms with Crippen LogP contribution >= 0.6 is 11.6 Å². The molecule has 0 N–H and O–H groups in total. The second kappa shape index (κ2) is 6.14. The Morgan fingerprint density at radius 2 is 1.71 bits per heavy atom. The summed E-state index contributed by atoms with van der Waals surface area (Å²) in [6.45, 7) is 4.09. The molecule has 0 heterocycles. The van der Waals surface area contributed by atoms with E-state index in [-0.39, 0.29) is 11.6 Å². The standard InChI is InChI=1S/C16H17ClN2O2/c1-11-6-12(2)8-15(7-11)18(3)14-4-5-16(19(20)21)13(9-14)10-17/h4-9H,10H2,1-3H3. The number of hydrogen-bond donors (Lipinski definition) is 0. The highest BCUT2D eigenvalue weighted by Gasteiger charge is 2.15. The number of hydrogen-bond acceptors (Lipinski definition) is 3. The van der Waals surface area contributed by atoms with Gasteiger partial charge in [0, 0.05) is 30.1 Å². The minimum atomic E-state index is -0.404. The summed E-state index contributed by atoms with van der Waals surface area (Å²) in [7, 11) is 1.94. The molecule has 0 fully saturated rings. The molecule has 110 valence electrons. The van der Waals surface area contributed by atoms with Crippen LogP contribution in [0.1, 0.15) is 16.7 Å². The number of rotatable bonds is 4. The van der Waals surface area contributed by atoms with E-state index < -0.39 is 4.92 Å². The van der Waals surface area contributed by atoms with Gasteiger partial charge in [0.2, 0.25) is 0 Å². The molecule has 0 aliphatic rings. The Kier molecular flexibility index (Phi) is 4.48. The van der Waals surface area contributed by atoms with E-state index in [0.29, 0.717) is 5.56 Å². The molecule has 2 rings (SSSR count). The lowest BCUT2D eigenvalue weighted by Gasteiger charge is -2.21. The van der Waals surface area contributed by atoms with Gasteiger partial charge < -0.3 is 4.90 Å². The Morgan fingerprint density at radius 3 is 2.24 bits per heavy atom. The number of aryl methyl sites for hydroxylation is 2. The zero-order chi connectivity index (χ0) is 15.6. The summed E-state index contributed by atoms with van der Waals surface area (Å²) in [5.74, 6) is 0.116. The van der Waals surface area contributed by atoms with Gasteiger partial charge in [-0.2, -0.15) is 0 Å². The molecule has 0 aliphatic heterocycles. The van der Waals surface area contributed by atoms with E-state index in [1.165, 1.54) is 17.2 Å². The molecule has 0 radical (unpaired) electrons. The number of nitro groups is 1. The van der Waals surface area contributed by atoms with Gasteiger partial charge in [0.05, 0.1) is 10.8 Å². The van der Waals surface area contributed by atoms with Crippen molar-refractivity contribution >= 4 is 28.7 Å². The van der Waals surface area contributed by atoms with Crippen molar-refractivity contribution in [3.8, 4) is 0 Å². The van der Waals surface area contributed by atoms with E-state index in [2.05, 4.69) is 18.2 Å². The first-order chi connectivity index (χ1) is 9.92. The molecule has 0 atom stereocenters. The molecule has 4 nitrogen and oxygen atoms in total. The first-order valence-electron chi connectivity index (χ1n) is 6.57. The van der Waals surface area contributed by atoms with Crippen molar-refractivity contribution in [2.75, 3.05) is 11.9 Å². The fourth-order valence-electron chi connectivity index (χ4n) is 2.36. The molecule has 0 saturated heterocycles. The number of nitro benzene ring substituents is 1. The third-order valence-electron chi connectivity index (χ3n) is 3.38. The lowest BCUT2D eigenvalue weighted by molar-refractivity contribution is -0.385. The van der Waals surface area contributed by atoms with E-state index in [9.17, 15) is 10.1 Å². The summed E-state index contributed by atoms with van der Waals surface area (Å²) in [6, 6.07) is 11.3. The zero-order valence-electron chi connectivity index (χ0n) is 12.3. The second-order valence-corrected chi connectivity index (χ2v) is 5.38. The van der Waals surface area contributed by atoms with Crippen molar-refractivity contribution in [1.29, 1.82) is 0 Å². The molecular weight excluding hydrogens is 288 g/mol. The fraction of sp³-hybridized carbons (Fsp3) is 0.250. The van der Waals surface area contributed by atoms with Gasteiger partial charge in [-0.25, -0.2) is 0 Å². The Balaban J connectivity index is 2.43. The van der Waals surface area contributed by atoms with Gasteiger partial charge in [0.15, 0.2) is 0 Å². The summed E-state index contributed by atoms with van der Waals surface area (Å²) >= 11 is 5.83. The largest absolute Gasteiger partial charge is 0.345 e. The van der Waals surface area contributed by atoms with Crippen LogP contribution in [-0.4, -0.2) is 12.0 Å². The molecule has 21 heavy (non-hydrogen) atoms. The molecule has 0 bridgehead atoms. The Bertz CT molecular complexity index is 666. The minimum Gasteiger partial charge on any atom is -0.345 e. The Hall–Kier alpha value is -2.07. The average molecular weight is 305 g/mol. The van der Waals surface area contributed by atoms with Gasteiger partial charge in [-0.3, -0.25) is 10.1 Å². The topological polar surface area (TPSA) is 46.4 Å². The fourth-order valence-corrected chi connectivity index (χ4v) is 2.57. The van der Waals surface area contributed by atoms with Crippen LogP contribution in [0.3, 0.4) is 0 Å². The Morgan fingerprint density at radius 1 is 1.10 bits per heavy atom. The second-order valence-electron chi connectivity index (χ2n) is 5.11. The molecule has 5 heteroatoms. The van der Waals surface area contributed by atoms with E-state index in [1.54, 1.807) is 12.1 Å². The van der Waals surface area contributed by atoms with Gasteiger partial charge in [-0.15, -0.1) is 11.6 Å². The number of nitrogens with zero attached hydrogens (tertiary/aromatic N) is 2. The molecular formula is C16H17ClN2O2. The van der Waals surface area contributed by atoms with Crippen LogP contribution in [0.25, 0.3) is 0 Å². The van der Waals surface area contributed by atoms with Gasteiger partial charge in [0.25, 0.3) is 5.69 Å². The maximum Gasteiger partial charge on any atom is 0.273 e. The van der Waals surface area contributed by atoms with Gasteiger partial charge in [-0.1, -0.05) is 6.07 Å². The normalized spacial score (nSPS) is 10.5. The van der Waals surface area contributed by atoms with E-state index in [1.807, 2.05) is 25.8 Å². The molecule has 2 aromatic carbocycles. The first kappa shape index (κ1) is 15.3. The molecule has 2 aromatic rings. The van der Waals surface area contributed by atoms with E-state index in [0.717, 1.165) is 11.4 Å². The van der Waals surface area contributed by atoms with Gasteiger partial charge in [-0.05, 0) is 49.2 Å². The Labute approximate surface area is 129 Å². The van der Waals surface area contributed by atoms with E-state index >= 15 is 0 Å². The van der Waals surface area contributed by atoms with Crippen molar-refractivity contribution in [1.82, 2.24) is 0 Å². The molecule has 0 unspecified atom stereocenters. The predicted octanol–water partition coefficient (Wildman–Crippen LogP) is 4.72. The predicted molar refractivity (Wildman–Crippen MR) is 86.6 cm³/mol. The third-order valence-corrected chi connectivity index (χ3v) is 3.67. The van der Waals surface area contributed by atoms with Crippen molar-refractivity contribution in [3.05, 3.63) is 63.2 Å². The van der Waals surface area contributed by atoms with Crippen molar-refractivity contribution in [2.45, 2.75) is 19.7 Å². The van der Waals surface area contributed by atoms with Crippen LogP contribution in [0.4, 0.5) is 17.1 Å². The smallest absolute Gasteiger partial charge is 0.273 e. The molecule has 0 spiro atoms. The van der Waals surface area contributed by atoms with Crippen molar-refractivity contribution in [2.24, 2.45) is 0 Å². The van der Waals surface area contributed by atoms with Crippen LogP contribution in [-0.2, 0) is 5.88 Å². The first-order valence-corrected chi connectivity index (χ1v) is 7.11. The van der Waals surface area contributed by atoms with E-state index in [4.69, 9.17) is 11.6 Å². The minimum absolute atomic E-state index is 0.0579. The average Bonchev–Trinajstić information content (AvgIpc) is 2.44. The lowest BCUT2D eigenvalue weighted by Crippen LogP contribution is -2.10. The summed E-state index contributed by atoms with van der Waals surface area (Å²) in [6.07, 6.45) is 0. The molecule has 0 aliphatic carbocycles. The number of halogens is 1. The molecule has 0 saturated carbocycles. The lowest BCUT2D eigenvalue weighted by atomic mass is 10.1. The summed E-state index contributed by atoms with van der Waals surface area (Å²) < 4.78 is 0. The number of anilines is 2. The van der Waals surface area contributed by atoms with Gasteiger partial charge in [0.1, 0.15) is 0 Å². The summed E-state index contributed by atoms with van der Waals surface area (Å²) in [4.78, 5) is 12.5.